The Morgan fingerprint density at radius 3 is 2.52 bits per heavy atom. The van der Waals surface area contributed by atoms with E-state index in [9.17, 15) is 4.79 Å². The maximum absolute atomic E-state index is 13.2. The standard InChI is InChI=1S/C22H28O3/c1-6-14-22(24-5,18-10-8-7-9-11-18)21(23)25-20-15-17(4)12-13-19(20)16(2)3/h7-11,17,19-20H,2,12-13,15H2,1,3-5H3/t17-,19+,20-,22+/m1/s1. The molecule has 0 N–H and O–H groups in total. The molecule has 0 radical (unpaired) electrons. The SMILES string of the molecule is C=C(C)[C@@H]1CC[C@@H](C)C[C@H]1OC(=O)[C@@](C#CC)(OC)c1ccccc1. The molecular formula is C22H28O3. The molecular weight excluding hydrogens is 312 g/mol. The fraction of sp³-hybridized carbons (Fsp3) is 0.500. The number of rotatable bonds is 5. The van der Waals surface area contributed by atoms with Gasteiger partial charge in [0.2, 0.25) is 0 Å². The third-order valence-electron chi connectivity index (χ3n) is 5.02. The van der Waals surface area contributed by atoms with E-state index in [1.54, 1.807) is 6.92 Å². The Bertz CT molecular complexity index is 668. The molecule has 25 heavy (non-hydrogen) atoms. The largest absolute Gasteiger partial charge is 0.459 e. The van der Waals surface area contributed by atoms with Gasteiger partial charge in [-0.3, -0.25) is 0 Å². The normalized spacial score (nSPS) is 25.2. The number of methoxy groups -OCH3 is 1. The number of carbonyl (C=O) groups excluding carboxylic acids is 1. The van der Waals surface area contributed by atoms with Crippen LogP contribution >= 0.6 is 0 Å². The van der Waals surface area contributed by atoms with Gasteiger partial charge in [0, 0.05) is 18.6 Å². The molecule has 0 heterocycles. The van der Waals surface area contributed by atoms with Gasteiger partial charge in [0.1, 0.15) is 6.10 Å². The lowest BCUT2D eigenvalue weighted by Gasteiger charge is -2.37. The summed E-state index contributed by atoms with van der Waals surface area (Å²) in [4.78, 5) is 13.2. The van der Waals surface area contributed by atoms with Crippen LogP contribution in [-0.2, 0) is 19.9 Å². The predicted molar refractivity (Wildman–Crippen MR) is 99.8 cm³/mol. The third-order valence-corrected chi connectivity index (χ3v) is 5.02. The van der Waals surface area contributed by atoms with Crippen molar-refractivity contribution in [3.8, 4) is 11.8 Å². The van der Waals surface area contributed by atoms with Crippen LogP contribution in [0.5, 0.6) is 0 Å². The molecule has 1 aromatic carbocycles. The average Bonchev–Trinajstić information content (AvgIpc) is 2.60. The van der Waals surface area contributed by atoms with E-state index in [0.29, 0.717) is 11.5 Å². The monoisotopic (exact) mass is 340 g/mol. The smallest absolute Gasteiger partial charge is 0.356 e. The van der Waals surface area contributed by atoms with E-state index in [1.807, 2.05) is 37.3 Å². The third kappa shape index (κ3) is 4.14. The molecule has 4 atom stereocenters. The molecule has 1 aliphatic carbocycles. The Hall–Kier alpha value is -2.05. The van der Waals surface area contributed by atoms with Crippen molar-refractivity contribution >= 4 is 5.97 Å². The Morgan fingerprint density at radius 2 is 1.96 bits per heavy atom. The van der Waals surface area contributed by atoms with Gasteiger partial charge >= 0.3 is 5.97 Å². The summed E-state index contributed by atoms with van der Waals surface area (Å²) in [6.45, 7) is 9.99. The first-order chi connectivity index (χ1) is 11.9. The van der Waals surface area contributed by atoms with Crippen LogP contribution in [0.25, 0.3) is 0 Å². The Kier molecular flexibility index (Phi) is 6.45. The molecule has 3 nitrogen and oxygen atoms in total. The molecule has 1 fully saturated rings. The predicted octanol–water partition coefficient (Wildman–Crippen LogP) is 4.48. The van der Waals surface area contributed by atoms with Gasteiger partial charge in [-0.2, -0.15) is 0 Å². The summed E-state index contributed by atoms with van der Waals surface area (Å²) in [5.74, 6) is 6.04. The van der Waals surface area contributed by atoms with Crippen LogP contribution in [0.4, 0.5) is 0 Å². The molecule has 0 aromatic heterocycles. The van der Waals surface area contributed by atoms with Gasteiger partial charge < -0.3 is 9.47 Å². The first-order valence-corrected chi connectivity index (χ1v) is 8.85. The maximum Gasteiger partial charge on any atom is 0.356 e. The van der Waals surface area contributed by atoms with Gasteiger partial charge in [0.05, 0.1) is 0 Å². The number of ether oxygens (including phenoxy) is 2. The number of hydrogen-bond donors (Lipinski definition) is 0. The molecule has 1 aliphatic rings. The van der Waals surface area contributed by atoms with Crippen molar-refractivity contribution in [3.05, 3.63) is 48.0 Å². The molecule has 2 rings (SSSR count). The molecule has 1 saturated carbocycles. The van der Waals surface area contributed by atoms with Crippen LogP contribution in [0.15, 0.2) is 42.5 Å². The molecule has 0 unspecified atom stereocenters. The van der Waals surface area contributed by atoms with E-state index in [0.717, 1.165) is 24.8 Å². The van der Waals surface area contributed by atoms with E-state index in [1.165, 1.54) is 7.11 Å². The highest BCUT2D eigenvalue weighted by Crippen LogP contribution is 2.36. The highest BCUT2D eigenvalue weighted by Gasteiger charge is 2.43. The van der Waals surface area contributed by atoms with E-state index in [4.69, 9.17) is 9.47 Å². The number of carbonyl (C=O) groups is 1. The lowest BCUT2D eigenvalue weighted by Crippen LogP contribution is -2.43. The lowest BCUT2D eigenvalue weighted by atomic mass is 9.77. The Balaban J connectivity index is 2.33. The Morgan fingerprint density at radius 1 is 1.28 bits per heavy atom. The zero-order valence-electron chi connectivity index (χ0n) is 15.7. The minimum Gasteiger partial charge on any atom is -0.459 e. The minimum absolute atomic E-state index is 0.175. The highest BCUT2D eigenvalue weighted by molar-refractivity contribution is 5.85. The summed E-state index contributed by atoms with van der Waals surface area (Å²) < 4.78 is 11.6. The molecule has 0 amide bonds. The van der Waals surface area contributed by atoms with Gasteiger partial charge in [-0.25, -0.2) is 4.79 Å². The van der Waals surface area contributed by atoms with E-state index < -0.39 is 11.6 Å². The zero-order chi connectivity index (χ0) is 18.4. The van der Waals surface area contributed by atoms with Gasteiger partial charge in [0.25, 0.3) is 5.60 Å². The van der Waals surface area contributed by atoms with Crippen molar-refractivity contribution < 1.29 is 14.3 Å². The second kappa shape index (κ2) is 8.36. The maximum atomic E-state index is 13.2. The van der Waals surface area contributed by atoms with E-state index in [2.05, 4.69) is 25.3 Å². The van der Waals surface area contributed by atoms with Crippen LogP contribution in [0, 0.1) is 23.7 Å². The first-order valence-electron chi connectivity index (χ1n) is 8.85. The summed E-state index contributed by atoms with van der Waals surface area (Å²) in [7, 11) is 1.50. The molecule has 0 bridgehead atoms. The van der Waals surface area contributed by atoms with Crippen LogP contribution in [-0.4, -0.2) is 19.2 Å². The fourth-order valence-electron chi connectivity index (χ4n) is 3.59. The highest BCUT2D eigenvalue weighted by atomic mass is 16.6. The molecule has 134 valence electrons. The molecule has 0 spiro atoms. The topological polar surface area (TPSA) is 35.5 Å². The number of benzene rings is 1. The van der Waals surface area contributed by atoms with Crippen LogP contribution < -0.4 is 0 Å². The minimum atomic E-state index is -1.39. The summed E-state index contributed by atoms with van der Waals surface area (Å²) in [5.41, 5.74) is 0.359. The number of hydrogen-bond acceptors (Lipinski definition) is 3. The molecule has 1 aromatic rings. The van der Waals surface area contributed by atoms with E-state index >= 15 is 0 Å². The quantitative estimate of drug-likeness (QED) is 0.450. The zero-order valence-corrected chi connectivity index (χ0v) is 15.7. The summed E-state index contributed by atoms with van der Waals surface area (Å²) in [6, 6.07) is 9.32. The van der Waals surface area contributed by atoms with Crippen LogP contribution in [0.3, 0.4) is 0 Å². The van der Waals surface area contributed by atoms with E-state index in [-0.39, 0.29) is 12.0 Å². The summed E-state index contributed by atoms with van der Waals surface area (Å²) >= 11 is 0. The average molecular weight is 340 g/mol. The van der Waals surface area contributed by atoms with Crippen molar-refractivity contribution in [1.29, 1.82) is 0 Å². The number of esters is 1. The van der Waals surface area contributed by atoms with Gasteiger partial charge in [-0.15, -0.1) is 5.92 Å². The van der Waals surface area contributed by atoms with Crippen molar-refractivity contribution in [1.82, 2.24) is 0 Å². The fourth-order valence-corrected chi connectivity index (χ4v) is 3.59. The van der Waals surface area contributed by atoms with Crippen LogP contribution in [0.1, 0.15) is 45.6 Å². The molecule has 0 aliphatic heterocycles. The van der Waals surface area contributed by atoms with Crippen molar-refractivity contribution in [2.75, 3.05) is 7.11 Å². The van der Waals surface area contributed by atoms with Gasteiger partial charge in [-0.05, 0) is 39.0 Å². The van der Waals surface area contributed by atoms with Crippen molar-refractivity contribution in [3.63, 3.8) is 0 Å². The first kappa shape index (κ1) is 19.3. The summed E-state index contributed by atoms with van der Waals surface area (Å²) in [6.07, 6.45) is 2.80. The van der Waals surface area contributed by atoms with Crippen LogP contribution in [0.2, 0.25) is 0 Å². The summed E-state index contributed by atoms with van der Waals surface area (Å²) in [5, 5.41) is 0. The lowest BCUT2D eigenvalue weighted by molar-refractivity contribution is -0.173. The Labute approximate surface area is 151 Å². The molecule has 3 heteroatoms. The van der Waals surface area contributed by atoms with Crippen molar-refractivity contribution in [2.24, 2.45) is 11.8 Å². The van der Waals surface area contributed by atoms with Crippen molar-refractivity contribution in [2.45, 2.75) is 51.7 Å². The second-order valence-electron chi connectivity index (χ2n) is 6.94. The second-order valence-corrected chi connectivity index (χ2v) is 6.94. The van der Waals surface area contributed by atoms with Gasteiger partial charge in [-0.1, -0.05) is 55.3 Å². The van der Waals surface area contributed by atoms with Gasteiger partial charge in [0.15, 0.2) is 0 Å². The molecule has 0 saturated heterocycles.